The van der Waals surface area contributed by atoms with Gasteiger partial charge in [0, 0.05) is 50.2 Å². The minimum atomic E-state index is -0.212. The Labute approximate surface area is 232 Å². The van der Waals surface area contributed by atoms with Crippen LogP contribution in [0, 0.1) is 0 Å². The summed E-state index contributed by atoms with van der Waals surface area (Å²) in [5.41, 5.74) is 4.57. The second-order valence-corrected chi connectivity index (χ2v) is 9.46. The van der Waals surface area contributed by atoms with Crippen LogP contribution < -0.4 is 26.1 Å². The van der Waals surface area contributed by atoms with Crippen molar-refractivity contribution in [2.24, 2.45) is 7.05 Å². The quantitative estimate of drug-likeness (QED) is 0.355. The molecule has 2 aromatic carbocycles. The molecule has 206 valence electrons. The smallest absolute Gasteiger partial charge is 0.350 e. The predicted octanol–water partition coefficient (Wildman–Crippen LogP) is 2.72. The Bertz CT molecular complexity index is 1620. The number of hydrogen-bond donors (Lipinski definition) is 2. The minimum absolute atomic E-state index is 0.184. The lowest BCUT2D eigenvalue weighted by atomic mass is 9.98. The summed E-state index contributed by atoms with van der Waals surface area (Å²) in [7, 11) is 5.03. The highest BCUT2D eigenvalue weighted by atomic mass is 16.2. The van der Waals surface area contributed by atoms with E-state index in [0.29, 0.717) is 48.9 Å². The summed E-state index contributed by atoms with van der Waals surface area (Å²) in [5, 5.41) is 10.00. The van der Waals surface area contributed by atoms with E-state index in [-0.39, 0.29) is 17.6 Å². The molecule has 11 heteroatoms. The topological polar surface area (TPSA) is 117 Å². The van der Waals surface area contributed by atoms with Crippen LogP contribution >= 0.6 is 0 Å². The van der Waals surface area contributed by atoms with Crippen LogP contribution in [0.15, 0.2) is 65.6 Å². The Morgan fingerprint density at radius 2 is 1.73 bits per heavy atom. The Morgan fingerprint density at radius 3 is 2.42 bits per heavy atom. The highest BCUT2D eigenvalue weighted by Gasteiger charge is 2.33. The van der Waals surface area contributed by atoms with E-state index < -0.39 is 0 Å². The molecule has 1 aliphatic heterocycles. The van der Waals surface area contributed by atoms with Crippen molar-refractivity contribution in [2.75, 3.05) is 37.0 Å². The molecule has 0 radical (unpaired) electrons. The summed E-state index contributed by atoms with van der Waals surface area (Å²) in [4.78, 5) is 46.4. The van der Waals surface area contributed by atoms with Crippen LogP contribution in [0.2, 0.25) is 0 Å². The number of benzene rings is 2. The van der Waals surface area contributed by atoms with E-state index in [9.17, 15) is 14.4 Å². The Balaban J connectivity index is 1.45. The molecule has 2 N–H and O–H groups in total. The van der Waals surface area contributed by atoms with Gasteiger partial charge in [-0.3, -0.25) is 14.6 Å². The highest BCUT2D eigenvalue weighted by molar-refractivity contribution is 6.07. The average Bonchev–Trinajstić information content (AvgIpc) is 3.50. The molecule has 0 saturated carbocycles. The SMILES string of the molecule is CCc1c(-c2ccc(-n3c(CNC)nn(C)c3=O)cc2)ccnc1N1CCN(c2cccc(C(=O)NC)c2)C1=O. The zero-order chi connectivity index (χ0) is 28.4. The number of aryl methyl sites for hydroxylation is 1. The number of nitrogens with zero attached hydrogens (tertiary/aromatic N) is 6. The molecule has 0 bridgehead atoms. The molecular formula is C29H32N8O3. The number of anilines is 2. The maximum atomic E-state index is 13.6. The number of carbonyl (C=O) groups excluding carboxylic acids is 2. The van der Waals surface area contributed by atoms with Crippen LogP contribution in [-0.4, -0.2) is 58.5 Å². The van der Waals surface area contributed by atoms with Gasteiger partial charge in [-0.25, -0.2) is 23.8 Å². The predicted molar refractivity (Wildman–Crippen MR) is 154 cm³/mol. The van der Waals surface area contributed by atoms with Crippen LogP contribution in [0.3, 0.4) is 0 Å². The van der Waals surface area contributed by atoms with Gasteiger partial charge in [-0.1, -0.05) is 25.1 Å². The van der Waals surface area contributed by atoms with Gasteiger partial charge < -0.3 is 10.6 Å². The number of amides is 3. The highest BCUT2D eigenvalue weighted by Crippen LogP contribution is 2.33. The van der Waals surface area contributed by atoms with E-state index in [1.54, 1.807) is 52.9 Å². The lowest BCUT2D eigenvalue weighted by molar-refractivity contribution is 0.0963. The molecule has 1 saturated heterocycles. The van der Waals surface area contributed by atoms with Gasteiger partial charge in [-0.15, -0.1) is 0 Å². The van der Waals surface area contributed by atoms with Gasteiger partial charge in [0.1, 0.15) is 5.82 Å². The molecule has 5 rings (SSSR count). The zero-order valence-electron chi connectivity index (χ0n) is 23.0. The maximum Gasteiger partial charge on any atom is 0.350 e. The second-order valence-electron chi connectivity index (χ2n) is 9.46. The lowest BCUT2D eigenvalue weighted by Crippen LogP contribution is -2.33. The van der Waals surface area contributed by atoms with Crippen molar-refractivity contribution >= 4 is 23.4 Å². The number of aromatic nitrogens is 4. The second kappa shape index (κ2) is 11.1. The Morgan fingerprint density at radius 1 is 0.975 bits per heavy atom. The molecule has 0 aliphatic carbocycles. The molecule has 40 heavy (non-hydrogen) atoms. The fourth-order valence-corrected chi connectivity index (χ4v) is 5.10. The first-order chi connectivity index (χ1) is 19.4. The summed E-state index contributed by atoms with van der Waals surface area (Å²) in [6.45, 7) is 3.46. The number of carbonyl (C=O) groups is 2. The van der Waals surface area contributed by atoms with E-state index in [2.05, 4.69) is 20.7 Å². The van der Waals surface area contributed by atoms with E-state index in [1.807, 2.05) is 50.4 Å². The molecule has 11 nitrogen and oxygen atoms in total. The van der Waals surface area contributed by atoms with Crippen molar-refractivity contribution in [3.8, 4) is 16.8 Å². The maximum absolute atomic E-state index is 13.6. The van der Waals surface area contributed by atoms with Crippen molar-refractivity contribution in [3.05, 3.63) is 88.2 Å². The molecular weight excluding hydrogens is 508 g/mol. The van der Waals surface area contributed by atoms with Crippen molar-refractivity contribution in [3.63, 3.8) is 0 Å². The normalized spacial score (nSPS) is 13.2. The number of rotatable bonds is 8. The largest absolute Gasteiger partial charge is 0.355 e. The number of pyridine rings is 1. The van der Waals surface area contributed by atoms with Crippen LogP contribution in [0.4, 0.5) is 16.3 Å². The first kappa shape index (κ1) is 26.8. The van der Waals surface area contributed by atoms with Crippen LogP contribution in [0.1, 0.15) is 28.7 Å². The molecule has 1 aliphatic rings. The van der Waals surface area contributed by atoms with Gasteiger partial charge in [-0.05, 0) is 61.0 Å². The minimum Gasteiger partial charge on any atom is -0.355 e. The molecule has 4 aromatic rings. The molecule has 3 amide bonds. The Hall–Kier alpha value is -4.77. The summed E-state index contributed by atoms with van der Waals surface area (Å²) in [6.07, 6.45) is 2.39. The molecule has 0 unspecified atom stereocenters. The number of nitrogens with one attached hydrogen (secondary N) is 2. The van der Waals surface area contributed by atoms with E-state index in [4.69, 9.17) is 0 Å². The van der Waals surface area contributed by atoms with Crippen LogP contribution in [-0.2, 0) is 20.0 Å². The molecule has 2 aromatic heterocycles. The van der Waals surface area contributed by atoms with Crippen molar-refractivity contribution in [2.45, 2.75) is 19.9 Å². The number of hydrogen-bond acceptors (Lipinski definition) is 6. The third kappa shape index (κ3) is 4.75. The van der Waals surface area contributed by atoms with Gasteiger partial charge in [0.15, 0.2) is 5.82 Å². The van der Waals surface area contributed by atoms with Crippen LogP contribution in [0.5, 0.6) is 0 Å². The van der Waals surface area contributed by atoms with Crippen LogP contribution in [0.25, 0.3) is 16.8 Å². The average molecular weight is 541 g/mol. The first-order valence-electron chi connectivity index (χ1n) is 13.2. The fraction of sp³-hybridized carbons (Fsp3) is 0.276. The summed E-state index contributed by atoms with van der Waals surface area (Å²) in [5.74, 6) is 1.05. The lowest BCUT2D eigenvalue weighted by Gasteiger charge is -2.22. The van der Waals surface area contributed by atoms with E-state index in [1.165, 1.54) is 4.68 Å². The standard InChI is InChI=1S/C29H32N8O3/c1-5-23-24(19-9-11-21(12-10-19)37-25(18-30-2)33-34(4)28(37)39)13-14-32-26(23)36-16-15-35(29(36)40)22-8-6-7-20(17-22)27(38)31-3/h6-14,17,30H,5,15-16,18H2,1-4H3,(H,31,38). The fourth-order valence-electron chi connectivity index (χ4n) is 5.10. The van der Waals surface area contributed by atoms with Gasteiger partial charge in [0.2, 0.25) is 0 Å². The van der Waals surface area contributed by atoms with Crippen molar-refractivity contribution in [1.29, 1.82) is 0 Å². The summed E-state index contributed by atoms with van der Waals surface area (Å²) in [6, 6.07) is 16.6. The van der Waals surface area contributed by atoms with Gasteiger partial charge in [0.05, 0.1) is 12.2 Å². The third-order valence-electron chi connectivity index (χ3n) is 7.06. The van der Waals surface area contributed by atoms with Gasteiger partial charge in [-0.2, -0.15) is 5.10 Å². The first-order valence-corrected chi connectivity index (χ1v) is 13.2. The van der Waals surface area contributed by atoms with E-state index >= 15 is 0 Å². The molecule has 0 spiro atoms. The third-order valence-corrected chi connectivity index (χ3v) is 7.06. The van der Waals surface area contributed by atoms with E-state index in [0.717, 1.165) is 22.4 Å². The van der Waals surface area contributed by atoms with Gasteiger partial charge >= 0.3 is 11.7 Å². The zero-order valence-corrected chi connectivity index (χ0v) is 23.0. The summed E-state index contributed by atoms with van der Waals surface area (Å²) < 4.78 is 2.92. The monoisotopic (exact) mass is 540 g/mol. The summed E-state index contributed by atoms with van der Waals surface area (Å²) >= 11 is 0. The molecule has 0 atom stereocenters. The Kier molecular flexibility index (Phi) is 7.47. The number of urea groups is 1. The van der Waals surface area contributed by atoms with Crippen molar-refractivity contribution < 1.29 is 9.59 Å². The molecule has 3 heterocycles. The molecule has 1 fully saturated rings. The van der Waals surface area contributed by atoms with Gasteiger partial charge in [0.25, 0.3) is 5.91 Å². The van der Waals surface area contributed by atoms with Crippen molar-refractivity contribution in [1.82, 2.24) is 30.0 Å².